The van der Waals surface area contributed by atoms with Gasteiger partial charge in [-0.25, -0.2) is 9.37 Å². The number of benzene rings is 2. The fourth-order valence-corrected chi connectivity index (χ4v) is 2.23. The molecule has 6 nitrogen and oxygen atoms in total. The molecule has 2 aromatic carbocycles. The first-order valence-corrected chi connectivity index (χ1v) is 7.56. The highest BCUT2D eigenvalue weighted by Crippen LogP contribution is 2.11. The number of H-pyrrole nitrogens is 1. The van der Waals surface area contributed by atoms with E-state index in [0.29, 0.717) is 12.2 Å². The maximum absolute atomic E-state index is 12.9. The van der Waals surface area contributed by atoms with Crippen LogP contribution in [0.2, 0.25) is 0 Å². The fourth-order valence-electron chi connectivity index (χ4n) is 2.23. The lowest BCUT2D eigenvalue weighted by atomic mass is 10.2. The molecule has 3 rings (SSSR count). The zero-order chi connectivity index (χ0) is 17.6. The molecule has 0 aliphatic rings. The van der Waals surface area contributed by atoms with E-state index < -0.39 is 17.6 Å². The average Bonchev–Trinajstić information content (AvgIpc) is 3.12. The summed E-state index contributed by atoms with van der Waals surface area (Å²) in [4.78, 5) is 31.2. The number of hydrogen-bond acceptors (Lipinski definition) is 3. The van der Waals surface area contributed by atoms with E-state index in [1.165, 1.54) is 30.6 Å². The Labute approximate surface area is 143 Å². The second-order valence-corrected chi connectivity index (χ2v) is 5.26. The molecule has 1 heterocycles. The SMILES string of the molecule is O=C(Nc1ccc(F)cc1)c1nc[nH]c1C(=O)NCc1ccccc1. The average molecular weight is 338 g/mol. The predicted molar refractivity (Wildman–Crippen MR) is 90.6 cm³/mol. The summed E-state index contributed by atoms with van der Waals surface area (Å²) in [5, 5.41) is 5.30. The highest BCUT2D eigenvalue weighted by atomic mass is 19.1. The molecule has 0 bridgehead atoms. The summed E-state index contributed by atoms with van der Waals surface area (Å²) in [6.07, 6.45) is 1.27. The van der Waals surface area contributed by atoms with Crippen molar-refractivity contribution in [3.05, 3.63) is 83.7 Å². The summed E-state index contributed by atoms with van der Waals surface area (Å²) in [5.41, 5.74) is 1.38. The minimum Gasteiger partial charge on any atom is -0.347 e. The Morgan fingerprint density at radius 2 is 1.72 bits per heavy atom. The van der Waals surface area contributed by atoms with Gasteiger partial charge in [0.1, 0.15) is 11.5 Å². The zero-order valence-electron chi connectivity index (χ0n) is 13.1. The van der Waals surface area contributed by atoms with Crippen molar-refractivity contribution in [2.75, 3.05) is 5.32 Å². The van der Waals surface area contributed by atoms with Crippen molar-refractivity contribution < 1.29 is 14.0 Å². The molecule has 0 fully saturated rings. The lowest BCUT2D eigenvalue weighted by Crippen LogP contribution is -2.26. The van der Waals surface area contributed by atoms with E-state index in [9.17, 15) is 14.0 Å². The molecule has 2 amide bonds. The predicted octanol–water partition coefficient (Wildman–Crippen LogP) is 2.73. The van der Waals surface area contributed by atoms with Crippen LogP contribution in [-0.2, 0) is 6.54 Å². The van der Waals surface area contributed by atoms with Gasteiger partial charge in [-0.2, -0.15) is 0 Å². The van der Waals surface area contributed by atoms with Crippen LogP contribution in [0.1, 0.15) is 26.5 Å². The monoisotopic (exact) mass is 338 g/mol. The van der Waals surface area contributed by atoms with Crippen molar-refractivity contribution in [1.29, 1.82) is 0 Å². The van der Waals surface area contributed by atoms with Crippen molar-refractivity contribution in [2.24, 2.45) is 0 Å². The highest BCUT2D eigenvalue weighted by molar-refractivity contribution is 6.10. The van der Waals surface area contributed by atoms with Crippen LogP contribution in [0.5, 0.6) is 0 Å². The number of rotatable bonds is 5. The third kappa shape index (κ3) is 4.08. The van der Waals surface area contributed by atoms with Gasteiger partial charge in [0.05, 0.1) is 6.33 Å². The van der Waals surface area contributed by atoms with Crippen LogP contribution in [0.25, 0.3) is 0 Å². The molecule has 126 valence electrons. The molecule has 3 aromatic rings. The van der Waals surface area contributed by atoms with E-state index in [4.69, 9.17) is 0 Å². The molecule has 25 heavy (non-hydrogen) atoms. The van der Waals surface area contributed by atoms with Crippen LogP contribution in [0.4, 0.5) is 10.1 Å². The van der Waals surface area contributed by atoms with E-state index in [1.807, 2.05) is 30.3 Å². The molecule has 7 heteroatoms. The summed E-state index contributed by atoms with van der Waals surface area (Å²) < 4.78 is 12.9. The van der Waals surface area contributed by atoms with Gasteiger partial charge in [0.2, 0.25) is 0 Å². The molecule has 0 aliphatic heterocycles. The first-order chi connectivity index (χ1) is 12.1. The van der Waals surface area contributed by atoms with Gasteiger partial charge in [-0.1, -0.05) is 30.3 Å². The van der Waals surface area contributed by atoms with Gasteiger partial charge in [0.25, 0.3) is 11.8 Å². The Hall–Kier alpha value is -3.48. The fraction of sp³-hybridized carbons (Fsp3) is 0.0556. The summed E-state index contributed by atoms with van der Waals surface area (Å²) in [5.74, 6) is -1.40. The van der Waals surface area contributed by atoms with Gasteiger partial charge in [0.15, 0.2) is 5.69 Å². The third-order valence-electron chi connectivity index (χ3n) is 3.48. The lowest BCUT2D eigenvalue weighted by molar-refractivity contribution is 0.0933. The maximum Gasteiger partial charge on any atom is 0.276 e. The van der Waals surface area contributed by atoms with Crippen LogP contribution < -0.4 is 10.6 Å². The Balaban J connectivity index is 1.67. The topological polar surface area (TPSA) is 86.9 Å². The molecule has 1 aromatic heterocycles. The Morgan fingerprint density at radius 1 is 1.00 bits per heavy atom. The van der Waals surface area contributed by atoms with Gasteiger partial charge in [-0.15, -0.1) is 0 Å². The van der Waals surface area contributed by atoms with Crippen LogP contribution in [-0.4, -0.2) is 21.8 Å². The van der Waals surface area contributed by atoms with Gasteiger partial charge >= 0.3 is 0 Å². The molecule has 0 unspecified atom stereocenters. The molecule has 0 saturated heterocycles. The first-order valence-electron chi connectivity index (χ1n) is 7.56. The molecule has 3 N–H and O–H groups in total. The highest BCUT2D eigenvalue weighted by Gasteiger charge is 2.20. The lowest BCUT2D eigenvalue weighted by Gasteiger charge is -2.07. The molecule has 0 saturated carbocycles. The second kappa shape index (κ2) is 7.39. The number of hydrogen-bond donors (Lipinski definition) is 3. The van der Waals surface area contributed by atoms with Crippen molar-refractivity contribution in [2.45, 2.75) is 6.54 Å². The number of aromatic nitrogens is 2. The number of carbonyl (C=O) groups is 2. The largest absolute Gasteiger partial charge is 0.347 e. The van der Waals surface area contributed by atoms with Crippen LogP contribution >= 0.6 is 0 Å². The van der Waals surface area contributed by atoms with Crippen molar-refractivity contribution >= 4 is 17.5 Å². The second-order valence-electron chi connectivity index (χ2n) is 5.26. The van der Waals surface area contributed by atoms with E-state index in [0.717, 1.165) is 5.56 Å². The van der Waals surface area contributed by atoms with E-state index in [1.54, 1.807) is 0 Å². The Kier molecular flexibility index (Phi) is 4.84. The number of amides is 2. The molecule has 0 atom stereocenters. The van der Waals surface area contributed by atoms with Crippen molar-refractivity contribution in [1.82, 2.24) is 15.3 Å². The Morgan fingerprint density at radius 3 is 2.44 bits per heavy atom. The van der Waals surface area contributed by atoms with E-state index in [-0.39, 0.29) is 11.4 Å². The van der Waals surface area contributed by atoms with Crippen LogP contribution in [0.3, 0.4) is 0 Å². The van der Waals surface area contributed by atoms with Gasteiger partial charge in [-0.05, 0) is 29.8 Å². The van der Waals surface area contributed by atoms with Crippen molar-refractivity contribution in [3.8, 4) is 0 Å². The summed E-state index contributed by atoms with van der Waals surface area (Å²) in [6.45, 7) is 0.331. The number of nitrogens with zero attached hydrogens (tertiary/aromatic N) is 1. The molecular formula is C18H15FN4O2. The molecular weight excluding hydrogens is 323 g/mol. The van der Waals surface area contributed by atoms with Crippen LogP contribution in [0, 0.1) is 5.82 Å². The standard InChI is InChI=1S/C18H15FN4O2/c19-13-6-8-14(9-7-13)23-18(25)16-15(21-11-22-16)17(24)20-10-12-4-2-1-3-5-12/h1-9,11H,10H2,(H,20,24)(H,21,22)(H,23,25). The zero-order valence-corrected chi connectivity index (χ0v) is 13.1. The number of carbonyl (C=O) groups excluding carboxylic acids is 2. The minimum absolute atomic E-state index is 0.0325. The van der Waals surface area contributed by atoms with Gasteiger partial charge in [0, 0.05) is 12.2 Å². The van der Waals surface area contributed by atoms with Gasteiger partial charge < -0.3 is 15.6 Å². The maximum atomic E-state index is 12.9. The molecule has 0 spiro atoms. The van der Waals surface area contributed by atoms with Gasteiger partial charge in [-0.3, -0.25) is 9.59 Å². The number of nitrogens with one attached hydrogen (secondary N) is 3. The summed E-state index contributed by atoms with van der Waals surface area (Å²) in [7, 11) is 0. The van der Waals surface area contributed by atoms with E-state index >= 15 is 0 Å². The minimum atomic E-state index is -0.558. The Bertz CT molecular complexity index is 876. The van der Waals surface area contributed by atoms with Crippen molar-refractivity contribution in [3.63, 3.8) is 0 Å². The third-order valence-corrected chi connectivity index (χ3v) is 3.48. The molecule has 0 radical (unpaired) electrons. The summed E-state index contributed by atoms with van der Waals surface area (Å²) in [6, 6.07) is 14.7. The quantitative estimate of drug-likeness (QED) is 0.668. The number of anilines is 1. The number of imidazole rings is 1. The molecule has 0 aliphatic carbocycles. The smallest absolute Gasteiger partial charge is 0.276 e. The number of aromatic amines is 1. The first kappa shape index (κ1) is 16.4. The van der Waals surface area contributed by atoms with Crippen LogP contribution in [0.15, 0.2) is 60.9 Å². The summed E-state index contributed by atoms with van der Waals surface area (Å²) >= 11 is 0. The normalized spacial score (nSPS) is 10.3. The number of halogens is 1. The van der Waals surface area contributed by atoms with E-state index in [2.05, 4.69) is 20.6 Å².